The van der Waals surface area contributed by atoms with Crippen LogP contribution in [0.15, 0.2) is 11.4 Å². The first-order chi connectivity index (χ1) is 5.49. The Labute approximate surface area is 91.0 Å². The molecular weight excluding hydrogens is 202 g/mol. The predicted molar refractivity (Wildman–Crippen MR) is 55.6 cm³/mol. The largest absolute Gasteiger partial charge is 1.00 e. The van der Waals surface area contributed by atoms with E-state index in [1.807, 2.05) is 11.3 Å². The van der Waals surface area contributed by atoms with E-state index < -0.39 is 0 Å². The molecule has 0 aliphatic carbocycles. The van der Waals surface area contributed by atoms with Crippen LogP contribution in [0.4, 0.5) is 0 Å². The lowest BCUT2D eigenvalue weighted by atomic mass is 10.1. The molecule has 1 aromatic rings. The summed E-state index contributed by atoms with van der Waals surface area (Å²) in [6.07, 6.45) is 0. The van der Waals surface area contributed by atoms with Crippen LogP contribution in [0.3, 0.4) is 0 Å². The Morgan fingerprint density at radius 3 is 2.38 bits per heavy atom. The first-order valence-electron chi connectivity index (χ1n) is 4.27. The van der Waals surface area contributed by atoms with Crippen molar-refractivity contribution in [1.29, 1.82) is 0 Å². The van der Waals surface area contributed by atoms with E-state index in [1.165, 1.54) is 10.4 Å². The van der Waals surface area contributed by atoms with Crippen LogP contribution >= 0.6 is 11.3 Å². The van der Waals surface area contributed by atoms with E-state index in [0.717, 1.165) is 6.54 Å². The molecule has 76 valence electrons. The maximum absolute atomic E-state index is 3.48. The molecule has 1 aromatic heterocycles. The summed E-state index contributed by atoms with van der Waals surface area (Å²) in [5, 5.41) is 5.62. The van der Waals surface area contributed by atoms with Gasteiger partial charge in [-0.2, -0.15) is 0 Å². The lowest BCUT2D eigenvalue weighted by Crippen LogP contribution is -3.00. The van der Waals surface area contributed by atoms with Crippen molar-refractivity contribution in [2.45, 2.75) is 39.8 Å². The number of aryl methyl sites for hydroxylation is 1. The Hall–Kier alpha value is -0.0500. The third-order valence-corrected chi connectivity index (χ3v) is 2.77. The molecule has 0 saturated heterocycles. The Kier molecular flexibility index (Phi) is 4.97. The molecule has 0 aromatic carbocycles. The minimum atomic E-state index is 0. The average Bonchev–Trinajstić information content (AvgIpc) is 2.29. The summed E-state index contributed by atoms with van der Waals surface area (Å²) >= 11 is 1.83. The first-order valence-corrected chi connectivity index (χ1v) is 5.15. The molecule has 0 aliphatic rings. The van der Waals surface area contributed by atoms with Crippen molar-refractivity contribution in [3.8, 4) is 0 Å². The monoisotopic (exact) mass is 218 g/mol. The molecule has 13 heavy (non-hydrogen) atoms. The number of halogens is 1. The van der Waals surface area contributed by atoms with Crippen LogP contribution in [0.2, 0.25) is 0 Å². The third-order valence-electron chi connectivity index (χ3n) is 1.75. The smallest absolute Gasteiger partial charge is 0.0307 e. The van der Waals surface area contributed by atoms with Gasteiger partial charge in [0.25, 0.3) is 0 Å². The van der Waals surface area contributed by atoms with Gasteiger partial charge in [-0.3, -0.25) is 0 Å². The van der Waals surface area contributed by atoms with Crippen molar-refractivity contribution < 1.29 is 12.4 Å². The Morgan fingerprint density at radius 1 is 1.38 bits per heavy atom. The van der Waals surface area contributed by atoms with Gasteiger partial charge in [0.05, 0.1) is 0 Å². The van der Waals surface area contributed by atoms with Gasteiger partial charge < -0.3 is 17.7 Å². The number of thiophene rings is 1. The molecule has 0 saturated carbocycles. The molecule has 3 heteroatoms. The zero-order valence-corrected chi connectivity index (χ0v) is 10.2. The molecule has 1 N–H and O–H groups in total. The molecule has 1 nitrogen and oxygen atoms in total. The van der Waals surface area contributed by atoms with Crippen LogP contribution in [0.5, 0.6) is 0 Å². The SMILES string of the molecule is Cc1ccsc1CNC(C)(C)C.[Cl-]. The maximum atomic E-state index is 3.48. The van der Waals surface area contributed by atoms with Crippen molar-refractivity contribution in [1.82, 2.24) is 5.32 Å². The first kappa shape index (κ1) is 12.9. The second-order valence-electron chi connectivity index (χ2n) is 4.13. The second-order valence-corrected chi connectivity index (χ2v) is 5.13. The summed E-state index contributed by atoms with van der Waals surface area (Å²) < 4.78 is 0. The van der Waals surface area contributed by atoms with Crippen molar-refractivity contribution in [2.75, 3.05) is 0 Å². The highest BCUT2D eigenvalue weighted by Crippen LogP contribution is 2.16. The standard InChI is InChI=1S/C10H17NS.ClH/c1-8-5-6-12-9(8)7-11-10(2,3)4;/h5-6,11H,7H2,1-4H3;1H/p-1. The normalized spacial score (nSPS) is 11.1. The molecular formula is C10H17ClNS-. The van der Waals surface area contributed by atoms with Crippen LogP contribution in [-0.2, 0) is 6.54 Å². The predicted octanol–water partition coefficient (Wildman–Crippen LogP) is -0.0514. The molecule has 0 amide bonds. The number of nitrogens with one attached hydrogen (secondary N) is 1. The van der Waals surface area contributed by atoms with Gasteiger partial charge in [-0.05, 0) is 44.7 Å². The van der Waals surface area contributed by atoms with E-state index in [9.17, 15) is 0 Å². The van der Waals surface area contributed by atoms with Gasteiger partial charge in [0.1, 0.15) is 0 Å². The summed E-state index contributed by atoms with van der Waals surface area (Å²) in [6.45, 7) is 9.73. The highest BCUT2D eigenvalue weighted by molar-refractivity contribution is 7.10. The fourth-order valence-electron chi connectivity index (χ4n) is 0.931. The van der Waals surface area contributed by atoms with Gasteiger partial charge in [0.2, 0.25) is 0 Å². The summed E-state index contributed by atoms with van der Waals surface area (Å²) in [5.74, 6) is 0. The minimum absolute atomic E-state index is 0. The highest BCUT2D eigenvalue weighted by Gasteiger charge is 2.09. The second kappa shape index (κ2) is 4.99. The summed E-state index contributed by atoms with van der Waals surface area (Å²) in [4.78, 5) is 1.45. The minimum Gasteiger partial charge on any atom is -1.00 e. The van der Waals surface area contributed by atoms with Crippen molar-refractivity contribution in [3.05, 3.63) is 21.9 Å². The lowest BCUT2D eigenvalue weighted by molar-refractivity contribution is -0.00000329. The van der Waals surface area contributed by atoms with E-state index in [0.29, 0.717) is 0 Å². The van der Waals surface area contributed by atoms with E-state index >= 15 is 0 Å². The highest BCUT2D eigenvalue weighted by atomic mass is 35.5. The molecule has 0 unspecified atom stereocenters. The van der Waals surface area contributed by atoms with Gasteiger partial charge in [-0.1, -0.05) is 0 Å². The summed E-state index contributed by atoms with van der Waals surface area (Å²) in [7, 11) is 0. The van der Waals surface area contributed by atoms with Crippen LogP contribution in [0, 0.1) is 6.92 Å². The third kappa shape index (κ3) is 4.65. The zero-order chi connectivity index (χ0) is 9.19. The fourth-order valence-corrected chi connectivity index (χ4v) is 1.78. The van der Waals surface area contributed by atoms with Gasteiger partial charge in [0, 0.05) is 17.0 Å². The number of hydrogen-bond acceptors (Lipinski definition) is 2. The van der Waals surface area contributed by atoms with Crippen molar-refractivity contribution in [2.24, 2.45) is 0 Å². The molecule has 0 spiro atoms. The van der Waals surface area contributed by atoms with Crippen LogP contribution in [-0.4, -0.2) is 5.54 Å². The molecule has 0 atom stereocenters. The van der Waals surface area contributed by atoms with E-state index in [2.05, 4.69) is 44.5 Å². The molecule has 0 bridgehead atoms. The molecule has 0 radical (unpaired) electrons. The van der Waals surface area contributed by atoms with Crippen molar-refractivity contribution >= 4 is 11.3 Å². The zero-order valence-electron chi connectivity index (χ0n) is 8.65. The summed E-state index contributed by atoms with van der Waals surface area (Å²) in [5.41, 5.74) is 1.62. The van der Waals surface area contributed by atoms with E-state index in [-0.39, 0.29) is 17.9 Å². The fraction of sp³-hybridized carbons (Fsp3) is 0.600. The maximum Gasteiger partial charge on any atom is 0.0307 e. The van der Waals surface area contributed by atoms with Gasteiger partial charge in [0.15, 0.2) is 0 Å². The van der Waals surface area contributed by atoms with Gasteiger partial charge in [-0.25, -0.2) is 0 Å². The van der Waals surface area contributed by atoms with Crippen LogP contribution < -0.4 is 17.7 Å². The molecule has 1 heterocycles. The Bertz CT molecular complexity index is 250. The average molecular weight is 219 g/mol. The summed E-state index contributed by atoms with van der Waals surface area (Å²) in [6, 6.07) is 2.17. The van der Waals surface area contributed by atoms with Gasteiger partial charge >= 0.3 is 0 Å². The molecule has 1 rings (SSSR count). The lowest BCUT2D eigenvalue weighted by Gasteiger charge is -2.20. The number of rotatable bonds is 2. The topological polar surface area (TPSA) is 12.0 Å². The van der Waals surface area contributed by atoms with E-state index in [1.54, 1.807) is 0 Å². The number of hydrogen-bond donors (Lipinski definition) is 1. The van der Waals surface area contributed by atoms with Crippen LogP contribution in [0.1, 0.15) is 31.2 Å². The van der Waals surface area contributed by atoms with Crippen LogP contribution in [0.25, 0.3) is 0 Å². The molecule has 0 fully saturated rings. The quantitative estimate of drug-likeness (QED) is 0.734. The van der Waals surface area contributed by atoms with E-state index in [4.69, 9.17) is 0 Å². The Balaban J connectivity index is 0.00000144. The Morgan fingerprint density at radius 2 is 2.00 bits per heavy atom. The van der Waals surface area contributed by atoms with Gasteiger partial charge in [-0.15, -0.1) is 11.3 Å². The molecule has 0 aliphatic heterocycles. The van der Waals surface area contributed by atoms with Crippen molar-refractivity contribution in [3.63, 3.8) is 0 Å².